The van der Waals surface area contributed by atoms with E-state index in [9.17, 15) is 14.1 Å². The standard InChI is InChI=1S/C21H24N2O5S/c1-14-19-13-17(7-10-20(19)23-21(25)28-14)27-11-3-4-12-29(26)18-8-5-16(6-9-18)22-15(2)24/h5-10,13-14H,3-4,11-12H2,1-2H3,(H,22,24)(H,23,25). The molecule has 0 bridgehead atoms. The first-order valence-electron chi connectivity index (χ1n) is 9.43. The van der Waals surface area contributed by atoms with E-state index >= 15 is 0 Å². The summed E-state index contributed by atoms with van der Waals surface area (Å²) < 4.78 is 23.3. The van der Waals surface area contributed by atoms with Gasteiger partial charge in [0.05, 0.1) is 12.3 Å². The summed E-state index contributed by atoms with van der Waals surface area (Å²) in [6, 6.07) is 12.5. The number of cyclic esters (lactones) is 1. The van der Waals surface area contributed by atoms with E-state index in [0.717, 1.165) is 29.0 Å². The number of nitrogens with one attached hydrogen (secondary N) is 2. The molecule has 0 saturated heterocycles. The van der Waals surface area contributed by atoms with E-state index in [1.54, 1.807) is 30.3 Å². The molecule has 2 unspecified atom stereocenters. The van der Waals surface area contributed by atoms with Gasteiger partial charge in [-0.3, -0.25) is 10.1 Å². The summed E-state index contributed by atoms with van der Waals surface area (Å²) in [4.78, 5) is 23.1. The third-order valence-electron chi connectivity index (χ3n) is 4.41. The zero-order valence-electron chi connectivity index (χ0n) is 16.4. The van der Waals surface area contributed by atoms with Crippen molar-refractivity contribution in [1.82, 2.24) is 0 Å². The average Bonchev–Trinajstić information content (AvgIpc) is 2.68. The van der Waals surface area contributed by atoms with Crippen LogP contribution in [-0.2, 0) is 20.7 Å². The first kappa shape index (κ1) is 21.0. The Morgan fingerprint density at radius 2 is 2.00 bits per heavy atom. The molecular weight excluding hydrogens is 392 g/mol. The predicted molar refractivity (Wildman–Crippen MR) is 112 cm³/mol. The van der Waals surface area contributed by atoms with Gasteiger partial charge in [0, 0.05) is 18.2 Å². The second-order valence-electron chi connectivity index (χ2n) is 6.73. The Morgan fingerprint density at radius 3 is 2.72 bits per heavy atom. The molecule has 0 aliphatic carbocycles. The molecule has 0 aromatic heterocycles. The summed E-state index contributed by atoms with van der Waals surface area (Å²) in [5.41, 5.74) is 2.31. The van der Waals surface area contributed by atoms with Crippen LogP contribution >= 0.6 is 0 Å². The molecule has 2 amide bonds. The Morgan fingerprint density at radius 1 is 1.24 bits per heavy atom. The number of anilines is 2. The molecule has 2 N–H and O–H groups in total. The molecule has 1 heterocycles. The van der Waals surface area contributed by atoms with Crippen LogP contribution in [0.5, 0.6) is 5.75 Å². The molecule has 7 nitrogen and oxygen atoms in total. The van der Waals surface area contributed by atoms with Gasteiger partial charge in [-0.2, -0.15) is 0 Å². The van der Waals surface area contributed by atoms with Crippen LogP contribution in [0.25, 0.3) is 0 Å². The van der Waals surface area contributed by atoms with Crippen LogP contribution < -0.4 is 15.4 Å². The molecule has 0 spiro atoms. The fourth-order valence-corrected chi connectivity index (χ4v) is 4.12. The van der Waals surface area contributed by atoms with Crippen LogP contribution in [0.2, 0.25) is 0 Å². The molecule has 2 atom stereocenters. The Bertz CT molecular complexity index is 872. The SMILES string of the molecule is CC(=O)Nc1ccc([S+]([O-])CCCCOc2ccc3c(c2)C(C)OC(=O)N3)cc1. The zero-order valence-corrected chi connectivity index (χ0v) is 17.2. The molecule has 29 heavy (non-hydrogen) atoms. The number of hydrogen-bond acceptors (Lipinski definition) is 5. The molecule has 2 aromatic carbocycles. The number of carbonyl (C=O) groups is 2. The zero-order chi connectivity index (χ0) is 20.8. The number of carbonyl (C=O) groups excluding carboxylic acids is 2. The third kappa shape index (κ3) is 5.88. The van der Waals surface area contributed by atoms with E-state index in [4.69, 9.17) is 9.47 Å². The first-order chi connectivity index (χ1) is 13.9. The van der Waals surface area contributed by atoms with Crippen molar-refractivity contribution in [3.8, 4) is 5.75 Å². The van der Waals surface area contributed by atoms with Crippen molar-refractivity contribution >= 4 is 34.6 Å². The van der Waals surface area contributed by atoms with Crippen molar-refractivity contribution in [3.63, 3.8) is 0 Å². The quantitative estimate of drug-likeness (QED) is 0.495. The topological polar surface area (TPSA) is 99.7 Å². The number of hydrogen-bond donors (Lipinski definition) is 2. The molecular formula is C21H24N2O5S. The molecule has 3 rings (SSSR count). The van der Waals surface area contributed by atoms with E-state index in [0.29, 0.717) is 23.8 Å². The van der Waals surface area contributed by atoms with E-state index in [-0.39, 0.29) is 12.0 Å². The van der Waals surface area contributed by atoms with Gasteiger partial charge >= 0.3 is 6.09 Å². The Labute approximate surface area is 173 Å². The van der Waals surface area contributed by atoms with Crippen molar-refractivity contribution in [2.45, 2.75) is 37.7 Å². The van der Waals surface area contributed by atoms with Crippen LogP contribution in [0, 0.1) is 0 Å². The Balaban J connectivity index is 1.41. The monoisotopic (exact) mass is 416 g/mol. The summed E-state index contributed by atoms with van der Waals surface area (Å²) in [7, 11) is 0. The molecule has 0 radical (unpaired) electrons. The lowest BCUT2D eigenvalue weighted by molar-refractivity contribution is -0.114. The Kier molecular flexibility index (Phi) is 7.00. The minimum absolute atomic E-state index is 0.135. The second-order valence-corrected chi connectivity index (χ2v) is 8.30. The second kappa shape index (κ2) is 9.67. The molecule has 154 valence electrons. The van der Waals surface area contributed by atoms with Crippen molar-refractivity contribution in [1.29, 1.82) is 0 Å². The highest BCUT2D eigenvalue weighted by molar-refractivity contribution is 7.91. The van der Waals surface area contributed by atoms with Gasteiger partial charge in [0.15, 0.2) is 4.90 Å². The van der Waals surface area contributed by atoms with Gasteiger partial charge in [0.25, 0.3) is 0 Å². The van der Waals surface area contributed by atoms with Gasteiger partial charge < -0.3 is 19.3 Å². The number of fused-ring (bicyclic) bond motifs is 1. The predicted octanol–water partition coefficient (Wildman–Crippen LogP) is 4.23. The van der Waals surface area contributed by atoms with Crippen LogP contribution in [0.1, 0.15) is 38.4 Å². The van der Waals surface area contributed by atoms with Crippen molar-refractivity contribution in [3.05, 3.63) is 48.0 Å². The Hall–Kier alpha value is -2.71. The molecule has 1 aliphatic rings. The minimum Gasteiger partial charge on any atom is -0.611 e. The number of rotatable bonds is 8. The number of ether oxygens (including phenoxy) is 2. The summed E-state index contributed by atoms with van der Waals surface area (Å²) in [6.45, 7) is 3.78. The van der Waals surface area contributed by atoms with E-state index in [1.807, 2.05) is 19.1 Å². The van der Waals surface area contributed by atoms with Gasteiger partial charge in [0.2, 0.25) is 5.91 Å². The highest BCUT2D eigenvalue weighted by Crippen LogP contribution is 2.33. The minimum atomic E-state index is -1.09. The lowest BCUT2D eigenvalue weighted by Gasteiger charge is -2.23. The normalized spacial score (nSPS) is 16.2. The smallest absolute Gasteiger partial charge is 0.412 e. The van der Waals surface area contributed by atoms with Gasteiger partial charge in [-0.15, -0.1) is 0 Å². The van der Waals surface area contributed by atoms with Crippen molar-refractivity contribution < 1.29 is 23.6 Å². The van der Waals surface area contributed by atoms with E-state index < -0.39 is 17.3 Å². The highest BCUT2D eigenvalue weighted by Gasteiger charge is 2.22. The van der Waals surface area contributed by atoms with Crippen LogP contribution in [-0.4, -0.2) is 28.9 Å². The van der Waals surface area contributed by atoms with Gasteiger partial charge in [-0.05, 0) is 73.4 Å². The van der Waals surface area contributed by atoms with Crippen molar-refractivity contribution in [2.75, 3.05) is 23.0 Å². The maximum absolute atomic E-state index is 12.4. The largest absolute Gasteiger partial charge is 0.611 e. The highest BCUT2D eigenvalue weighted by atomic mass is 32.2. The fraction of sp³-hybridized carbons (Fsp3) is 0.333. The van der Waals surface area contributed by atoms with Gasteiger partial charge in [-0.25, -0.2) is 4.79 Å². The summed E-state index contributed by atoms with van der Waals surface area (Å²) in [5, 5.41) is 5.35. The summed E-state index contributed by atoms with van der Waals surface area (Å²) in [5.74, 6) is 1.12. The summed E-state index contributed by atoms with van der Waals surface area (Å²) >= 11 is -1.09. The number of unbranched alkanes of at least 4 members (excludes halogenated alkanes) is 1. The molecule has 2 aromatic rings. The lowest BCUT2D eigenvalue weighted by Crippen LogP contribution is -2.23. The maximum atomic E-state index is 12.4. The molecule has 0 fully saturated rings. The fourth-order valence-electron chi connectivity index (χ4n) is 2.98. The van der Waals surface area contributed by atoms with Crippen LogP contribution in [0.4, 0.5) is 16.2 Å². The van der Waals surface area contributed by atoms with Crippen LogP contribution in [0.3, 0.4) is 0 Å². The molecule has 1 aliphatic heterocycles. The van der Waals surface area contributed by atoms with Gasteiger partial charge in [-0.1, -0.05) is 0 Å². The molecule has 8 heteroatoms. The number of amides is 2. The molecule has 0 saturated carbocycles. The van der Waals surface area contributed by atoms with Crippen LogP contribution in [0.15, 0.2) is 47.4 Å². The average molecular weight is 416 g/mol. The third-order valence-corrected chi connectivity index (χ3v) is 5.87. The maximum Gasteiger partial charge on any atom is 0.412 e. The lowest BCUT2D eigenvalue weighted by atomic mass is 10.1. The first-order valence-corrected chi connectivity index (χ1v) is 10.7. The van der Waals surface area contributed by atoms with Crippen molar-refractivity contribution in [2.24, 2.45) is 0 Å². The van der Waals surface area contributed by atoms with E-state index in [2.05, 4.69) is 10.6 Å². The van der Waals surface area contributed by atoms with Gasteiger partial charge in [0.1, 0.15) is 17.6 Å². The van der Waals surface area contributed by atoms with E-state index in [1.165, 1.54) is 6.92 Å². The summed E-state index contributed by atoms with van der Waals surface area (Å²) in [6.07, 6.45) is 0.772. The number of benzene rings is 2.